The monoisotopic (exact) mass is 259 g/mol. The molecule has 1 aliphatic rings. The van der Waals surface area contributed by atoms with Crippen LogP contribution in [0.4, 0.5) is 0 Å². The van der Waals surface area contributed by atoms with Crippen LogP contribution in [0.3, 0.4) is 0 Å². The molecular formula is C15H17NOS. The topological polar surface area (TPSA) is 22.0 Å². The zero-order valence-corrected chi connectivity index (χ0v) is 11.2. The number of benzene rings is 1. The van der Waals surface area contributed by atoms with Gasteiger partial charge in [0, 0.05) is 12.2 Å². The first-order valence-corrected chi connectivity index (χ1v) is 7.40. The van der Waals surface area contributed by atoms with E-state index in [0.717, 1.165) is 11.1 Å². The van der Waals surface area contributed by atoms with Crippen LogP contribution in [-0.4, -0.2) is 3.96 Å². The molecule has 94 valence electrons. The molecule has 1 aromatic carbocycles. The van der Waals surface area contributed by atoms with Gasteiger partial charge in [0.05, 0.1) is 5.56 Å². The zero-order valence-electron chi connectivity index (χ0n) is 10.3. The summed E-state index contributed by atoms with van der Waals surface area (Å²) >= 11 is 1.38. The number of nitrogens with zero attached hydrogens (tertiary/aromatic N) is 1. The van der Waals surface area contributed by atoms with Crippen LogP contribution < -0.4 is 4.74 Å². The van der Waals surface area contributed by atoms with Gasteiger partial charge in [0.25, 0.3) is 4.74 Å². The van der Waals surface area contributed by atoms with Crippen LogP contribution >= 0.6 is 11.5 Å². The second-order valence-electron chi connectivity index (χ2n) is 4.94. The maximum Gasteiger partial charge on any atom is 0.257 e. The van der Waals surface area contributed by atoms with Crippen molar-refractivity contribution in [2.24, 2.45) is 0 Å². The summed E-state index contributed by atoms with van der Waals surface area (Å²) in [5.41, 5.74) is 1.89. The highest BCUT2D eigenvalue weighted by Crippen LogP contribution is 2.30. The van der Waals surface area contributed by atoms with Crippen LogP contribution in [0.25, 0.3) is 11.1 Å². The highest BCUT2D eigenvalue weighted by atomic mass is 32.1. The van der Waals surface area contributed by atoms with Crippen LogP contribution in [0.1, 0.15) is 38.1 Å². The van der Waals surface area contributed by atoms with E-state index in [1.165, 1.54) is 43.6 Å². The normalized spacial score (nSPS) is 16.9. The Morgan fingerprint density at radius 1 is 1.06 bits per heavy atom. The molecule has 3 heteroatoms. The molecule has 0 atom stereocenters. The van der Waals surface area contributed by atoms with E-state index in [2.05, 4.69) is 10.2 Å². The molecule has 0 radical (unpaired) electrons. The molecule has 0 aliphatic heterocycles. The number of hydrogen-bond acceptors (Lipinski definition) is 2. The fraction of sp³-hybridized carbons (Fsp3) is 0.400. The molecule has 0 saturated heterocycles. The summed E-state index contributed by atoms with van der Waals surface area (Å²) in [6.07, 6.45) is 8.43. The van der Waals surface area contributed by atoms with E-state index in [1.54, 1.807) is 0 Å². The summed E-state index contributed by atoms with van der Waals surface area (Å²) in [5, 5.41) is 0. The Bertz CT molecular complexity index is 564. The Morgan fingerprint density at radius 3 is 2.50 bits per heavy atom. The van der Waals surface area contributed by atoms with Crippen molar-refractivity contribution in [3.8, 4) is 11.1 Å². The molecule has 1 heterocycles. The van der Waals surface area contributed by atoms with Gasteiger partial charge in [-0.15, -0.1) is 0 Å². The van der Waals surface area contributed by atoms with E-state index in [9.17, 15) is 4.79 Å². The highest BCUT2D eigenvalue weighted by Gasteiger charge is 2.17. The number of hydrogen-bond donors (Lipinski definition) is 0. The molecule has 1 aliphatic carbocycles. The predicted octanol–water partition coefficient (Wildman–Crippen LogP) is 4.08. The lowest BCUT2D eigenvalue weighted by Crippen LogP contribution is -2.09. The van der Waals surface area contributed by atoms with Gasteiger partial charge in [-0.3, -0.25) is 8.75 Å². The summed E-state index contributed by atoms with van der Waals surface area (Å²) in [7, 11) is 0. The molecule has 0 N–H and O–H groups in total. The standard InChI is InChI=1S/C15H17NOS/c17-15-14(12-7-3-1-4-8-12)11-16(18-15)13-9-5-2-6-10-13/h1,3-4,7-8,11,13H,2,5-6,9-10H2. The third-order valence-electron chi connectivity index (χ3n) is 3.68. The summed E-state index contributed by atoms with van der Waals surface area (Å²) in [6, 6.07) is 10.5. The van der Waals surface area contributed by atoms with Crippen molar-refractivity contribution in [1.29, 1.82) is 0 Å². The molecule has 3 rings (SSSR count). The van der Waals surface area contributed by atoms with Gasteiger partial charge in [-0.25, -0.2) is 0 Å². The predicted molar refractivity (Wildman–Crippen MR) is 76.1 cm³/mol. The van der Waals surface area contributed by atoms with Crippen LogP contribution in [0, 0.1) is 0 Å². The minimum Gasteiger partial charge on any atom is -0.298 e. The molecule has 18 heavy (non-hydrogen) atoms. The van der Waals surface area contributed by atoms with Gasteiger partial charge >= 0.3 is 0 Å². The number of rotatable bonds is 2. The maximum atomic E-state index is 12.1. The largest absolute Gasteiger partial charge is 0.298 e. The SMILES string of the molecule is O=c1sn(C2CCCCC2)cc1-c1ccccc1. The molecule has 1 saturated carbocycles. The molecule has 0 unspecified atom stereocenters. The molecule has 1 fully saturated rings. The van der Waals surface area contributed by atoms with Crippen LogP contribution in [0.5, 0.6) is 0 Å². The Kier molecular flexibility index (Phi) is 3.33. The fourth-order valence-electron chi connectivity index (χ4n) is 2.68. The van der Waals surface area contributed by atoms with E-state index >= 15 is 0 Å². The van der Waals surface area contributed by atoms with E-state index < -0.39 is 0 Å². The molecular weight excluding hydrogens is 242 g/mol. The third kappa shape index (κ3) is 2.27. The molecule has 2 aromatic rings. The summed E-state index contributed by atoms with van der Waals surface area (Å²) in [4.78, 5) is 12.1. The zero-order chi connectivity index (χ0) is 12.4. The van der Waals surface area contributed by atoms with Gasteiger partial charge in [0.15, 0.2) is 0 Å². The Hall–Kier alpha value is -1.35. The van der Waals surface area contributed by atoms with Crippen molar-refractivity contribution < 1.29 is 0 Å². The Morgan fingerprint density at radius 2 is 1.78 bits per heavy atom. The van der Waals surface area contributed by atoms with E-state index in [-0.39, 0.29) is 4.74 Å². The molecule has 1 aromatic heterocycles. The van der Waals surface area contributed by atoms with Crippen molar-refractivity contribution in [2.45, 2.75) is 38.1 Å². The summed E-state index contributed by atoms with van der Waals surface area (Å²) < 4.78 is 2.37. The van der Waals surface area contributed by atoms with Gasteiger partial charge < -0.3 is 0 Å². The van der Waals surface area contributed by atoms with Crippen molar-refractivity contribution in [1.82, 2.24) is 3.96 Å². The molecule has 0 amide bonds. The minimum absolute atomic E-state index is 0.187. The van der Waals surface area contributed by atoms with Gasteiger partial charge in [0.2, 0.25) is 0 Å². The smallest absolute Gasteiger partial charge is 0.257 e. The average Bonchev–Trinajstić information content (AvgIpc) is 2.83. The van der Waals surface area contributed by atoms with Crippen LogP contribution in [0.2, 0.25) is 0 Å². The third-order valence-corrected chi connectivity index (χ3v) is 4.68. The molecule has 0 spiro atoms. The Balaban J connectivity index is 1.93. The maximum absolute atomic E-state index is 12.1. The van der Waals surface area contributed by atoms with E-state index in [0.29, 0.717) is 6.04 Å². The van der Waals surface area contributed by atoms with Crippen LogP contribution in [-0.2, 0) is 0 Å². The van der Waals surface area contributed by atoms with Crippen molar-refractivity contribution in [3.63, 3.8) is 0 Å². The van der Waals surface area contributed by atoms with Gasteiger partial charge in [-0.2, -0.15) is 0 Å². The van der Waals surface area contributed by atoms with Crippen molar-refractivity contribution in [3.05, 3.63) is 46.1 Å². The minimum atomic E-state index is 0.187. The first-order chi connectivity index (χ1) is 8.84. The first-order valence-electron chi connectivity index (χ1n) is 6.62. The summed E-state index contributed by atoms with van der Waals surface area (Å²) in [6.45, 7) is 0. The Labute approximate surface area is 111 Å². The quantitative estimate of drug-likeness (QED) is 0.796. The first kappa shape index (κ1) is 11.7. The van der Waals surface area contributed by atoms with E-state index in [1.807, 2.05) is 30.3 Å². The second kappa shape index (κ2) is 5.11. The lowest BCUT2D eigenvalue weighted by molar-refractivity contribution is 0.370. The lowest BCUT2D eigenvalue weighted by Gasteiger charge is -2.21. The molecule has 2 nitrogen and oxygen atoms in total. The average molecular weight is 259 g/mol. The van der Waals surface area contributed by atoms with E-state index in [4.69, 9.17) is 0 Å². The van der Waals surface area contributed by atoms with Crippen molar-refractivity contribution >= 4 is 11.5 Å². The van der Waals surface area contributed by atoms with Crippen LogP contribution in [0.15, 0.2) is 41.3 Å². The highest BCUT2D eigenvalue weighted by molar-refractivity contribution is 7.04. The fourth-order valence-corrected chi connectivity index (χ4v) is 3.66. The van der Waals surface area contributed by atoms with Crippen molar-refractivity contribution in [2.75, 3.05) is 0 Å². The lowest BCUT2D eigenvalue weighted by atomic mass is 9.96. The number of aromatic nitrogens is 1. The summed E-state index contributed by atoms with van der Waals surface area (Å²) in [5.74, 6) is 0. The molecule has 0 bridgehead atoms. The van der Waals surface area contributed by atoms with Gasteiger partial charge in [0.1, 0.15) is 0 Å². The van der Waals surface area contributed by atoms with Gasteiger partial charge in [-0.05, 0) is 29.9 Å². The van der Waals surface area contributed by atoms with Gasteiger partial charge in [-0.1, -0.05) is 49.6 Å². The second-order valence-corrected chi connectivity index (χ2v) is 5.91.